The second kappa shape index (κ2) is 5.63. The Morgan fingerprint density at radius 3 is 1.62 bits per heavy atom. The van der Waals surface area contributed by atoms with Crippen molar-refractivity contribution in [2.24, 2.45) is 0 Å². The minimum absolute atomic E-state index is 0.250. The molecule has 1 fully saturated rings. The van der Waals surface area contributed by atoms with E-state index in [1.165, 1.54) is 11.1 Å². The molecule has 2 aromatic carbocycles. The highest BCUT2D eigenvalue weighted by molar-refractivity contribution is 5.25. The lowest BCUT2D eigenvalue weighted by Crippen LogP contribution is -2.44. The summed E-state index contributed by atoms with van der Waals surface area (Å²) in [5.41, 5.74) is 1.93. The molecule has 110 valence electrons. The molecule has 0 aliphatic carbocycles. The van der Waals surface area contributed by atoms with Crippen LogP contribution in [0.25, 0.3) is 0 Å². The maximum absolute atomic E-state index is 10.7. The van der Waals surface area contributed by atoms with Crippen LogP contribution in [0.3, 0.4) is 0 Å². The molecule has 1 N–H and O–H groups in total. The average molecular weight is 281 g/mol. The summed E-state index contributed by atoms with van der Waals surface area (Å²) in [6, 6.07) is 21.5. The number of piperidine rings is 1. The van der Waals surface area contributed by atoms with Gasteiger partial charge in [-0.2, -0.15) is 0 Å². The fourth-order valence-electron chi connectivity index (χ4n) is 3.48. The van der Waals surface area contributed by atoms with Crippen molar-refractivity contribution < 1.29 is 5.11 Å². The molecule has 3 rings (SSSR count). The molecule has 2 aromatic rings. The molecule has 1 saturated heterocycles. The first-order valence-corrected chi connectivity index (χ1v) is 7.61. The molecule has 0 radical (unpaired) electrons. The zero-order valence-corrected chi connectivity index (χ0v) is 12.7. The van der Waals surface area contributed by atoms with Crippen molar-refractivity contribution in [1.82, 2.24) is 4.90 Å². The molecular weight excluding hydrogens is 258 g/mol. The van der Waals surface area contributed by atoms with E-state index in [2.05, 4.69) is 60.5 Å². The molecule has 2 nitrogen and oxygen atoms in total. The second-order valence-corrected chi connectivity index (χ2v) is 6.42. The van der Waals surface area contributed by atoms with Gasteiger partial charge in [-0.1, -0.05) is 60.7 Å². The molecule has 2 heteroatoms. The van der Waals surface area contributed by atoms with E-state index in [0.29, 0.717) is 0 Å². The van der Waals surface area contributed by atoms with Gasteiger partial charge in [0.15, 0.2) is 0 Å². The van der Waals surface area contributed by atoms with Crippen LogP contribution in [0, 0.1) is 0 Å². The molecule has 1 aliphatic rings. The Morgan fingerprint density at radius 1 is 0.857 bits per heavy atom. The molecule has 1 aliphatic heterocycles. The molecule has 0 aromatic heterocycles. The third-order valence-electron chi connectivity index (χ3n) is 4.62. The molecule has 1 unspecified atom stereocenters. The second-order valence-electron chi connectivity index (χ2n) is 6.42. The number of hydrogen-bond acceptors (Lipinski definition) is 2. The lowest BCUT2D eigenvalue weighted by atomic mass is 9.79. The van der Waals surface area contributed by atoms with Gasteiger partial charge in [0.05, 0.1) is 5.60 Å². The van der Waals surface area contributed by atoms with Gasteiger partial charge in [0.25, 0.3) is 0 Å². The molecule has 21 heavy (non-hydrogen) atoms. The van der Waals surface area contributed by atoms with E-state index in [1.54, 1.807) is 0 Å². The topological polar surface area (TPSA) is 23.5 Å². The smallest absolute Gasteiger partial charge is 0.0656 e. The third kappa shape index (κ3) is 3.02. The van der Waals surface area contributed by atoms with Crippen molar-refractivity contribution in [3.05, 3.63) is 71.8 Å². The summed E-state index contributed by atoms with van der Waals surface area (Å²) in [5.74, 6) is 0. The van der Waals surface area contributed by atoms with Crippen LogP contribution in [0.4, 0.5) is 0 Å². The first-order valence-electron chi connectivity index (χ1n) is 7.61. The van der Waals surface area contributed by atoms with Crippen molar-refractivity contribution in [3.63, 3.8) is 0 Å². The van der Waals surface area contributed by atoms with E-state index in [4.69, 9.17) is 0 Å². The Balaban J connectivity index is 1.95. The highest BCUT2D eigenvalue weighted by Gasteiger charge is 2.40. The van der Waals surface area contributed by atoms with Gasteiger partial charge in [0.1, 0.15) is 0 Å². The molecule has 1 heterocycles. The Labute approximate surface area is 127 Å². The summed E-state index contributed by atoms with van der Waals surface area (Å²) in [6.07, 6.45) is 1.55. The normalized spacial score (nSPS) is 30.2. The van der Waals surface area contributed by atoms with Crippen molar-refractivity contribution in [2.45, 2.75) is 37.5 Å². The van der Waals surface area contributed by atoms with Crippen LogP contribution in [0.2, 0.25) is 0 Å². The fourth-order valence-corrected chi connectivity index (χ4v) is 3.48. The number of nitrogens with zero attached hydrogens (tertiary/aromatic N) is 1. The van der Waals surface area contributed by atoms with E-state index >= 15 is 0 Å². The summed E-state index contributed by atoms with van der Waals surface area (Å²) in [7, 11) is 2.17. The van der Waals surface area contributed by atoms with Crippen LogP contribution in [0.15, 0.2) is 60.7 Å². The molecular formula is C19H23NO. The van der Waals surface area contributed by atoms with Crippen molar-refractivity contribution >= 4 is 0 Å². The van der Waals surface area contributed by atoms with Crippen LogP contribution in [0.1, 0.15) is 43.0 Å². The molecule has 0 spiro atoms. The highest BCUT2D eigenvalue weighted by Crippen LogP contribution is 2.44. The summed E-state index contributed by atoms with van der Waals surface area (Å²) in [6.45, 7) is 1.96. The minimum atomic E-state index is -0.631. The maximum Gasteiger partial charge on any atom is 0.0656 e. The molecule has 0 amide bonds. The molecule has 0 bridgehead atoms. The monoisotopic (exact) mass is 281 g/mol. The average Bonchev–Trinajstić information content (AvgIpc) is 2.51. The quantitative estimate of drug-likeness (QED) is 0.901. The van der Waals surface area contributed by atoms with E-state index in [9.17, 15) is 5.11 Å². The number of aliphatic hydroxyl groups is 1. The van der Waals surface area contributed by atoms with Crippen molar-refractivity contribution in [3.8, 4) is 0 Å². The Morgan fingerprint density at radius 2 is 1.24 bits per heavy atom. The summed E-state index contributed by atoms with van der Waals surface area (Å²) < 4.78 is 0. The highest BCUT2D eigenvalue weighted by atomic mass is 16.3. The standard InChI is InChI=1S/C19H23NO/c1-19(21)13-17(15-9-5-3-6-10-15)20(2)18(14-19)16-11-7-4-8-12-16/h3-12,17-18,21H,13-14H2,1-2H3/t17-,18+,19?. The van der Waals surface area contributed by atoms with Crippen LogP contribution < -0.4 is 0 Å². The summed E-state index contributed by atoms with van der Waals surface area (Å²) in [5, 5.41) is 10.7. The largest absolute Gasteiger partial charge is 0.390 e. The first-order chi connectivity index (χ1) is 10.1. The SMILES string of the molecule is CN1[C@@H](c2ccccc2)CC(C)(O)C[C@H]1c1ccccc1. The van der Waals surface area contributed by atoms with Crippen LogP contribution in [-0.4, -0.2) is 22.7 Å². The van der Waals surface area contributed by atoms with Gasteiger partial charge >= 0.3 is 0 Å². The van der Waals surface area contributed by atoms with Gasteiger partial charge in [-0.3, -0.25) is 4.90 Å². The van der Waals surface area contributed by atoms with E-state index < -0.39 is 5.60 Å². The molecule has 3 atom stereocenters. The number of rotatable bonds is 2. The molecule has 0 saturated carbocycles. The number of benzene rings is 2. The lowest BCUT2D eigenvalue weighted by molar-refractivity contribution is -0.0560. The zero-order chi connectivity index (χ0) is 14.9. The lowest BCUT2D eigenvalue weighted by Gasteiger charge is -2.46. The predicted molar refractivity (Wildman–Crippen MR) is 86.0 cm³/mol. The van der Waals surface area contributed by atoms with E-state index in [0.717, 1.165) is 12.8 Å². The maximum atomic E-state index is 10.7. The van der Waals surface area contributed by atoms with Gasteiger partial charge in [0, 0.05) is 12.1 Å². The van der Waals surface area contributed by atoms with Crippen LogP contribution in [-0.2, 0) is 0 Å². The summed E-state index contributed by atoms with van der Waals surface area (Å²) >= 11 is 0. The van der Waals surface area contributed by atoms with Gasteiger partial charge < -0.3 is 5.11 Å². The Bertz CT molecular complexity index is 528. The summed E-state index contributed by atoms with van der Waals surface area (Å²) in [4.78, 5) is 2.41. The minimum Gasteiger partial charge on any atom is -0.390 e. The van der Waals surface area contributed by atoms with Gasteiger partial charge in [-0.05, 0) is 37.9 Å². The first kappa shape index (κ1) is 14.3. The van der Waals surface area contributed by atoms with Gasteiger partial charge in [0.2, 0.25) is 0 Å². The van der Waals surface area contributed by atoms with Crippen molar-refractivity contribution in [2.75, 3.05) is 7.05 Å². The van der Waals surface area contributed by atoms with Crippen molar-refractivity contribution in [1.29, 1.82) is 0 Å². The third-order valence-corrected chi connectivity index (χ3v) is 4.62. The van der Waals surface area contributed by atoms with E-state index in [1.807, 2.05) is 19.1 Å². The Kier molecular flexibility index (Phi) is 3.83. The number of likely N-dealkylation sites (tertiary alicyclic amines) is 1. The van der Waals surface area contributed by atoms with Gasteiger partial charge in [-0.15, -0.1) is 0 Å². The van der Waals surface area contributed by atoms with E-state index in [-0.39, 0.29) is 12.1 Å². The number of hydrogen-bond donors (Lipinski definition) is 1. The van der Waals surface area contributed by atoms with Gasteiger partial charge in [-0.25, -0.2) is 0 Å². The zero-order valence-electron chi connectivity index (χ0n) is 12.7. The van der Waals surface area contributed by atoms with Crippen LogP contribution in [0.5, 0.6) is 0 Å². The van der Waals surface area contributed by atoms with Crippen LogP contribution >= 0.6 is 0 Å². The predicted octanol–water partition coefficient (Wildman–Crippen LogP) is 3.95. The fraction of sp³-hybridized carbons (Fsp3) is 0.368. The Hall–Kier alpha value is -1.64.